The average Bonchev–Trinajstić information content (AvgIpc) is 3.16. The number of aromatic nitrogens is 1. The number of hydrogen-bond acceptors (Lipinski definition) is 3. The van der Waals surface area contributed by atoms with Crippen LogP contribution in [-0.2, 0) is 4.79 Å². The summed E-state index contributed by atoms with van der Waals surface area (Å²) in [5, 5.41) is 0. The molecule has 2 saturated heterocycles. The molecule has 3 aliphatic rings. The van der Waals surface area contributed by atoms with E-state index in [4.69, 9.17) is 0 Å². The summed E-state index contributed by atoms with van der Waals surface area (Å²) in [5.74, 6) is -0.0450. The van der Waals surface area contributed by atoms with Crippen LogP contribution in [0, 0.1) is 11.9 Å². The number of nitrogens with zero attached hydrogens (tertiary/aromatic N) is 3. The number of halogens is 1. The fraction of sp³-hybridized carbons (Fsp3) is 0.562. The molecule has 0 radical (unpaired) electrons. The number of rotatable bonds is 3. The van der Waals surface area contributed by atoms with E-state index in [9.17, 15) is 14.0 Å². The molecule has 0 bridgehead atoms. The van der Waals surface area contributed by atoms with Crippen molar-refractivity contribution >= 4 is 11.8 Å². The van der Waals surface area contributed by atoms with Crippen molar-refractivity contribution in [3.63, 3.8) is 0 Å². The van der Waals surface area contributed by atoms with E-state index in [1.807, 2.05) is 4.90 Å². The van der Waals surface area contributed by atoms with Crippen LogP contribution in [0.15, 0.2) is 18.3 Å². The van der Waals surface area contributed by atoms with Gasteiger partial charge in [-0.3, -0.25) is 9.59 Å². The van der Waals surface area contributed by atoms with Gasteiger partial charge in [0.05, 0.1) is 12.1 Å². The van der Waals surface area contributed by atoms with E-state index in [-0.39, 0.29) is 23.9 Å². The Bertz CT molecular complexity index is 632. The van der Waals surface area contributed by atoms with E-state index >= 15 is 0 Å². The molecule has 1 aliphatic carbocycles. The summed E-state index contributed by atoms with van der Waals surface area (Å²) in [6.07, 6.45) is 4.94. The first-order chi connectivity index (χ1) is 10.6. The van der Waals surface area contributed by atoms with Crippen molar-refractivity contribution in [2.24, 2.45) is 5.92 Å². The number of carbonyl (C=O) groups is 2. The first-order valence-electron chi connectivity index (χ1n) is 7.85. The van der Waals surface area contributed by atoms with E-state index in [0.717, 1.165) is 19.0 Å². The highest BCUT2D eigenvalue weighted by molar-refractivity contribution is 5.95. The highest BCUT2D eigenvalue weighted by atomic mass is 19.1. The zero-order valence-corrected chi connectivity index (χ0v) is 12.2. The highest BCUT2D eigenvalue weighted by Crippen LogP contribution is 2.37. The Morgan fingerprint density at radius 1 is 1.32 bits per heavy atom. The van der Waals surface area contributed by atoms with Gasteiger partial charge in [-0.1, -0.05) is 0 Å². The van der Waals surface area contributed by atoms with Gasteiger partial charge < -0.3 is 9.80 Å². The smallest absolute Gasteiger partial charge is 0.254 e. The third kappa shape index (κ3) is 2.26. The number of hydrogen-bond donors (Lipinski definition) is 0. The maximum atomic E-state index is 13.2. The molecule has 4 rings (SSSR count). The second-order valence-corrected chi connectivity index (χ2v) is 6.48. The predicted molar refractivity (Wildman–Crippen MR) is 76.5 cm³/mol. The molecule has 0 unspecified atom stereocenters. The van der Waals surface area contributed by atoms with Gasteiger partial charge in [-0.25, -0.2) is 4.98 Å². The lowest BCUT2D eigenvalue weighted by molar-refractivity contribution is -0.129. The third-order valence-electron chi connectivity index (χ3n) is 5.00. The van der Waals surface area contributed by atoms with Crippen molar-refractivity contribution < 1.29 is 14.0 Å². The lowest BCUT2D eigenvalue weighted by Crippen LogP contribution is -2.40. The van der Waals surface area contributed by atoms with E-state index in [1.165, 1.54) is 25.1 Å². The van der Waals surface area contributed by atoms with Crippen molar-refractivity contribution in [2.45, 2.75) is 37.8 Å². The van der Waals surface area contributed by atoms with Gasteiger partial charge in [0.15, 0.2) is 0 Å². The van der Waals surface area contributed by atoms with Crippen LogP contribution in [-0.4, -0.2) is 51.8 Å². The van der Waals surface area contributed by atoms with Gasteiger partial charge in [0.25, 0.3) is 5.91 Å². The summed E-state index contributed by atoms with van der Waals surface area (Å²) in [4.78, 5) is 32.0. The third-order valence-corrected chi connectivity index (χ3v) is 5.00. The molecule has 2 atom stereocenters. The topological polar surface area (TPSA) is 53.5 Å². The maximum Gasteiger partial charge on any atom is 0.254 e. The van der Waals surface area contributed by atoms with Gasteiger partial charge in [0.2, 0.25) is 11.9 Å². The summed E-state index contributed by atoms with van der Waals surface area (Å²) < 4.78 is 13.2. The Hall–Kier alpha value is -1.98. The van der Waals surface area contributed by atoms with E-state index in [0.29, 0.717) is 24.4 Å². The first kappa shape index (κ1) is 13.7. The van der Waals surface area contributed by atoms with Crippen LogP contribution in [0.3, 0.4) is 0 Å². The van der Waals surface area contributed by atoms with E-state index in [2.05, 4.69) is 4.98 Å². The number of carbonyl (C=O) groups excluding carboxylic acids is 2. The monoisotopic (exact) mass is 303 g/mol. The standard InChI is InChI=1S/C16H18FN3O2/c17-14-7-11(3-5-18-14)16(22)19-6-4-12-13(19)8-15(21)20(12)9-10-1-2-10/h3,5,7,10,12-13H,1-2,4,6,8-9H2/t12-,13+/m1/s1. The maximum absolute atomic E-state index is 13.2. The molecule has 0 aromatic carbocycles. The second kappa shape index (κ2) is 5.04. The molecule has 0 spiro atoms. The SMILES string of the molecule is O=C1C[C@H]2[C@@H](CCN2C(=O)c2ccnc(F)c2)N1CC1CC1. The van der Waals surface area contributed by atoms with Crippen LogP contribution < -0.4 is 0 Å². The summed E-state index contributed by atoms with van der Waals surface area (Å²) in [6.45, 7) is 1.47. The van der Waals surface area contributed by atoms with Crippen LogP contribution in [0.2, 0.25) is 0 Å². The minimum absolute atomic E-state index is 0.0602. The molecule has 1 aromatic rings. The zero-order valence-electron chi connectivity index (χ0n) is 12.2. The number of pyridine rings is 1. The van der Waals surface area contributed by atoms with Gasteiger partial charge in [0.1, 0.15) is 0 Å². The lowest BCUT2D eigenvalue weighted by atomic mass is 10.1. The summed E-state index contributed by atoms with van der Waals surface area (Å²) in [5.41, 5.74) is 0.307. The Labute approximate surface area is 128 Å². The molecular formula is C16H18FN3O2. The second-order valence-electron chi connectivity index (χ2n) is 6.48. The molecule has 2 amide bonds. The molecule has 3 fully saturated rings. The van der Waals surface area contributed by atoms with Crippen LogP contribution in [0.4, 0.5) is 4.39 Å². The molecule has 22 heavy (non-hydrogen) atoms. The quantitative estimate of drug-likeness (QED) is 0.794. The summed E-state index contributed by atoms with van der Waals surface area (Å²) >= 11 is 0. The van der Waals surface area contributed by atoms with Crippen LogP contribution in [0.1, 0.15) is 36.0 Å². The van der Waals surface area contributed by atoms with E-state index < -0.39 is 5.95 Å². The van der Waals surface area contributed by atoms with Gasteiger partial charge in [-0.2, -0.15) is 4.39 Å². The Balaban J connectivity index is 1.52. The summed E-state index contributed by atoms with van der Waals surface area (Å²) in [7, 11) is 0. The fourth-order valence-electron chi connectivity index (χ4n) is 3.70. The predicted octanol–water partition coefficient (Wildman–Crippen LogP) is 1.45. The van der Waals surface area contributed by atoms with E-state index in [1.54, 1.807) is 4.90 Å². The van der Waals surface area contributed by atoms with Crippen molar-refractivity contribution in [1.82, 2.24) is 14.8 Å². The molecule has 3 heterocycles. The highest BCUT2D eigenvalue weighted by Gasteiger charge is 2.49. The Kier molecular flexibility index (Phi) is 3.13. The van der Waals surface area contributed by atoms with Crippen LogP contribution in [0.5, 0.6) is 0 Å². The van der Waals surface area contributed by atoms with Gasteiger partial charge in [-0.15, -0.1) is 0 Å². The van der Waals surface area contributed by atoms with Crippen molar-refractivity contribution in [3.8, 4) is 0 Å². The molecule has 2 aliphatic heterocycles. The minimum atomic E-state index is -0.653. The van der Waals surface area contributed by atoms with Gasteiger partial charge >= 0.3 is 0 Å². The number of amides is 2. The largest absolute Gasteiger partial charge is 0.337 e. The molecular weight excluding hydrogens is 285 g/mol. The van der Waals surface area contributed by atoms with Crippen molar-refractivity contribution in [1.29, 1.82) is 0 Å². The van der Waals surface area contributed by atoms with Crippen molar-refractivity contribution in [3.05, 3.63) is 29.8 Å². The Morgan fingerprint density at radius 3 is 2.86 bits per heavy atom. The molecule has 6 heteroatoms. The van der Waals surface area contributed by atoms with Crippen LogP contribution in [0.25, 0.3) is 0 Å². The Morgan fingerprint density at radius 2 is 2.14 bits per heavy atom. The molecule has 116 valence electrons. The van der Waals surface area contributed by atoms with Gasteiger partial charge in [0, 0.05) is 37.3 Å². The lowest BCUT2D eigenvalue weighted by Gasteiger charge is -2.25. The normalized spacial score (nSPS) is 27.4. The molecule has 5 nitrogen and oxygen atoms in total. The number of fused-ring (bicyclic) bond motifs is 1. The molecule has 0 N–H and O–H groups in total. The zero-order chi connectivity index (χ0) is 15.3. The first-order valence-corrected chi connectivity index (χ1v) is 7.85. The molecule has 1 aromatic heterocycles. The van der Waals surface area contributed by atoms with Crippen LogP contribution >= 0.6 is 0 Å². The average molecular weight is 303 g/mol. The summed E-state index contributed by atoms with van der Waals surface area (Å²) in [6, 6.07) is 2.77. The van der Waals surface area contributed by atoms with Gasteiger partial charge in [-0.05, 0) is 31.2 Å². The fourth-order valence-corrected chi connectivity index (χ4v) is 3.70. The minimum Gasteiger partial charge on any atom is -0.337 e. The number of likely N-dealkylation sites (tertiary alicyclic amines) is 2. The molecule has 1 saturated carbocycles. The van der Waals surface area contributed by atoms with Crippen molar-refractivity contribution in [2.75, 3.05) is 13.1 Å².